The van der Waals surface area contributed by atoms with Gasteiger partial charge < -0.3 is 11.5 Å². The Hall–Kier alpha value is -1.74. The summed E-state index contributed by atoms with van der Waals surface area (Å²) < 4.78 is 0. The zero-order chi connectivity index (χ0) is 10.2. The maximum absolute atomic E-state index is 5.47. The maximum atomic E-state index is 5.47. The minimum absolute atomic E-state index is 0.348. The van der Waals surface area contributed by atoms with E-state index in [1.807, 2.05) is 24.3 Å². The Labute approximate surface area is 84.3 Å². The van der Waals surface area contributed by atoms with Crippen LogP contribution in [0.4, 0.5) is 0 Å². The van der Waals surface area contributed by atoms with Gasteiger partial charge in [-0.3, -0.25) is 0 Å². The van der Waals surface area contributed by atoms with E-state index in [-0.39, 0.29) is 0 Å². The summed E-state index contributed by atoms with van der Waals surface area (Å²) in [4.78, 5) is 0. The molecular weight excluding hydrogens is 172 g/mol. The first-order valence-corrected chi connectivity index (χ1v) is 4.34. The van der Waals surface area contributed by atoms with E-state index in [0.29, 0.717) is 13.1 Å². The molecule has 0 spiro atoms. The topological polar surface area (TPSA) is 52.0 Å². The predicted molar refractivity (Wildman–Crippen MR) is 58.0 cm³/mol. The molecule has 0 heterocycles. The quantitative estimate of drug-likeness (QED) is 0.623. The van der Waals surface area contributed by atoms with Crippen LogP contribution in [0.3, 0.4) is 0 Å². The van der Waals surface area contributed by atoms with Crippen molar-refractivity contribution < 1.29 is 0 Å². The minimum atomic E-state index is 0.348. The summed E-state index contributed by atoms with van der Waals surface area (Å²) in [7, 11) is 0. The van der Waals surface area contributed by atoms with Crippen LogP contribution in [0.5, 0.6) is 0 Å². The van der Waals surface area contributed by atoms with Gasteiger partial charge in [-0.15, -0.1) is 0 Å². The Morgan fingerprint density at radius 3 is 2.29 bits per heavy atom. The second-order valence-electron chi connectivity index (χ2n) is 2.66. The molecule has 0 fully saturated rings. The molecule has 0 radical (unpaired) electrons. The van der Waals surface area contributed by atoms with Crippen LogP contribution in [-0.4, -0.2) is 6.54 Å². The van der Waals surface area contributed by atoms with Crippen molar-refractivity contribution in [3.8, 4) is 23.7 Å². The molecular formula is C12H12N2. The van der Waals surface area contributed by atoms with Gasteiger partial charge in [0.05, 0.1) is 6.54 Å². The molecule has 0 saturated heterocycles. The summed E-state index contributed by atoms with van der Waals surface area (Å²) in [5, 5.41) is 0. The smallest absolute Gasteiger partial charge is 0.0561 e. The van der Waals surface area contributed by atoms with Crippen LogP contribution >= 0.6 is 0 Å². The molecule has 14 heavy (non-hydrogen) atoms. The third-order valence-corrected chi connectivity index (χ3v) is 1.65. The van der Waals surface area contributed by atoms with Crippen LogP contribution in [-0.2, 0) is 6.54 Å². The number of benzene rings is 1. The summed E-state index contributed by atoms with van der Waals surface area (Å²) in [6.07, 6.45) is 0. The van der Waals surface area contributed by atoms with Crippen molar-refractivity contribution in [1.82, 2.24) is 0 Å². The first-order chi connectivity index (χ1) is 6.86. The van der Waals surface area contributed by atoms with Crippen LogP contribution in [0, 0.1) is 23.7 Å². The van der Waals surface area contributed by atoms with Crippen LogP contribution in [0.15, 0.2) is 24.3 Å². The molecule has 0 saturated carbocycles. The lowest BCUT2D eigenvalue weighted by Gasteiger charge is -1.94. The van der Waals surface area contributed by atoms with Crippen LogP contribution in [0.25, 0.3) is 0 Å². The molecule has 2 heteroatoms. The zero-order valence-electron chi connectivity index (χ0n) is 7.88. The minimum Gasteiger partial charge on any atom is -0.326 e. The highest BCUT2D eigenvalue weighted by Gasteiger charge is 1.87. The molecule has 0 aliphatic carbocycles. The van der Waals surface area contributed by atoms with Gasteiger partial charge in [0, 0.05) is 12.1 Å². The van der Waals surface area contributed by atoms with Gasteiger partial charge in [0.2, 0.25) is 0 Å². The van der Waals surface area contributed by atoms with Crippen molar-refractivity contribution in [2.75, 3.05) is 6.54 Å². The zero-order valence-corrected chi connectivity index (χ0v) is 7.88. The third-order valence-electron chi connectivity index (χ3n) is 1.65. The van der Waals surface area contributed by atoms with Gasteiger partial charge in [0.1, 0.15) is 0 Å². The number of hydrogen-bond acceptors (Lipinski definition) is 2. The Balaban J connectivity index is 2.71. The largest absolute Gasteiger partial charge is 0.326 e. The first kappa shape index (κ1) is 10.3. The lowest BCUT2D eigenvalue weighted by atomic mass is 10.1. The standard InChI is InChI=1S/C12H12N2/c13-9-3-1-2-4-11-5-7-12(10-14)8-6-11/h5-8H,9-10,13-14H2. The Bertz CT molecular complexity index is 396. The molecule has 2 nitrogen and oxygen atoms in total. The van der Waals surface area contributed by atoms with E-state index in [2.05, 4.69) is 23.7 Å². The van der Waals surface area contributed by atoms with Crippen molar-refractivity contribution in [2.45, 2.75) is 6.54 Å². The molecule has 0 atom stereocenters. The second-order valence-corrected chi connectivity index (χ2v) is 2.66. The molecule has 0 unspecified atom stereocenters. The van der Waals surface area contributed by atoms with E-state index in [1.165, 1.54) is 0 Å². The first-order valence-electron chi connectivity index (χ1n) is 4.34. The van der Waals surface area contributed by atoms with Crippen molar-refractivity contribution in [3.05, 3.63) is 35.4 Å². The van der Waals surface area contributed by atoms with Gasteiger partial charge in [0.15, 0.2) is 0 Å². The highest BCUT2D eigenvalue weighted by Crippen LogP contribution is 2.01. The average Bonchev–Trinajstić information content (AvgIpc) is 2.25. The highest BCUT2D eigenvalue weighted by molar-refractivity contribution is 5.40. The van der Waals surface area contributed by atoms with E-state index in [0.717, 1.165) is 11.1 Å². The fourth-order valence-corrected chi connectivity index (χ4v) is 0.923. The molecule has 1 aromatic carbocycles. The second kappa shape index (κ2) is 5.83. The normalized spacial score (nSPS) is 8.14. The van der Waals surface area contributed by atoms with Gasteiger partial charge >= 0.3 is 0 Å². The van der Waals surface area contributed by atoms with Crippen LogP contribution < -0.4 is 11.5 Å². The Morgan fingerprint density at radius 1 is 1.00 bits per heavy atom. The van der Waals surface area contributed by atoms with Crippen LogP contribution in [0.1, 0.15) is 11.1 Å². The molecule has 1 aromatic rings. The third kappa shape index (κ3) is 3.33. The van der Waals surface area contributed by atoms with Crippen LogP contribution in [0.2, 0.25) is 0 Å². The molecule has 70 valence electrons. The summed E-state index contributed by atoms with van der Waals surface area (Å²) in [5.41, 5.74) is 12.7. The number of rotatable bonds is 1. The number of nitrogens with two attached hydrogens (primary N) is 2. The highest BCUT2D eigenvalue weighted by atomic mass is 14.5. The SMILES string of the molecule is NCC#CC#Cc1ccc(CN)cc1. The summed E-state index contributed by atoms with van der Waals surface area (Å²) in [6.45, 7) is 0.904. The lowest BCUT2D eigenvalue weighted by Crippen LogP contribution is -1.95. The lowest BCUT2D eigenvalue weighted by molar-refractivity contribution is 1.07. The predicted octanol–water partition coefficient (Wildman–Crippen LogP) is 0.459. The summed E-state index contributed by atoms with van der Waals surface area (Å²) >= 11 is 0. The fraction of sp³-hybridized carbons (Fsp3) is 0.167. The molecule has 1 rings (SSSR count). The van der Waals surface area contributed by atoms with Crippen molar-refractivity contribution in [2.24, 2.45) is 11.5 Å². The van der Waals surface area contributed by atoms with E-state index in [1.54, 1.807) is 0 Å². The van der Waals surface area contributed by atoms with Gasteiger partial charge in [-0.05, 0) is 29.5 Å². The van der Waals surface area contributed by atoms with Gasteiger partial charge in [0.25, 0.3) is 0 Å². The van der Waals surface area contributed by atoms with Gasteiger partial charge in [-0.2, -0.15) is 0 Å². The maximum Gasteiger partial charge on any atom is 0.0561 e. The average molecular weight is 184 g/mol. The van der Waals surface area contributed by atoms with E-state index >= 15 is 0 Å². The van der Waals surface area contributed by atoms with Gasteiger partial charge in [-0.1, -0.05) is 24.0 Å². The summed E-state index contributed by atoms with van der Waals surface area (Å²) in [6, 6.07) is 7.78. The fourth-order valence-electron chi connectivity index (χ4n) is 0.923. The van der Waals surface area contributed by atoms with E-state index < -0.39 is 0 Å². The van der Waals surface area contributed by atoms with Crippen molar-refractivity contribution >= 4 is 0 Å². The molecule has 0 aliphatic heterocycles. The van der Waals surface area contributed by atoms with Crippen molar-refractivity contribution in [1.29, 1.82) is 0 Å². The van der Waals surface area contributed by atoms with Gasteiger partial charge in [-0.25, -0.2) is 0 Å². The van der Waals surface area contributed by atoms with E-state index in [9.17, 15) is 0 Å². The monoisotopic (exact) mass is 184 g/mol. The number of hydrogen-bond donors (Lipinski definition) is 2. The van der Waals surface area contributed by atoms with Crippen molar-refractivity contribution in [3.63, 3.8) is 0 Å². The Kier molecular flexibility index (Phi) is 4.31. The molecule has 0 aliphatic rings. The molecule has 0 amide bonds. The Morgan fingerprint density at radius 2 is 1.71 bits per heavy atom. The molecule has 0 aromatic heterocycles. The molecule has 4 N–H and O–H groups in total. The summed E-state index contributed by atoms with van der Waals surface area (Å²) in [5.74, 6) is 11.0. The van der Waals surface area contributed by atoms with E-state index in [4.69, 9.17) is 11.5 Å². The molecule has 0 bridgehead atoms.